The molecule has 3 atom stereocenters. The van der Waals surface area contributed by atoms with Gasteiger partial charge in [-0.1, -0.05) is 11.8 Å². The van der Waals surface area contributed by atoms with Gasteiger partial charge < -0.3 is 20.4 Å². The second-order valence-electron chi connectivity index (χ2n) is 7.13. The van der Waals surface area contributed by atoms with E-state index < -0.39 is 24.3 Å². The number of hydrogen-bond acceptors (Lipinski definition) is 7. The molecule has 0 spiro atoms. The quantitative estimate of drug-likeness (QED) is 0.400. The first-order chi connectivity index (χ1) is 11.3. The van der Waals surface area contributed by atoms with Crippen LogP contribution >= 0.6 is 11.8 Å². The molecule has 25 heavy (non-hydrogen) atoms. The molecule has 9 heteroatoms. The van der Waals surface area contributed by atoms with E-state index in [-0.39, 0.29) is 35.2 Å². The minimum absolute atomic E-state index is 0.110. The molecule has 0 rings (SSSR count). The highest BCUT2D eigenvalue weighted by Gasteiger charge is 2.29. The second kappa shape index (κ2) is 10.7. The van der Waals surface area contributed by atoms with Gasteiger partial charge in [-0.25, -0.2) is 0 Å². The van der Waals surface area contributed by atoms with Gasteiger partial charge in [-0.2, -0.15) is 0 Å². The van der Waals surface area contributed by atoms with Crippen LogP contribution in [0.5, 0.6) is 0 Å². The third-order valence-corrected chi connectivity index (χ3v) is 4.14. The highest BCUT2D eigenvalue weighted by Crippen LogP contribution is 2.12. The summed E-state index contributed by atoms with van der Waals surface area (Å²) in [4.78, 5) is 35.7. The molecule has 1 amide bonds. The zero-order valence-electron chi connectivity index (χ0n) is 15.8. The third kappa shape index (κ3) is 11.1. The molecule has 0 aromatic heterocycles. The predicted molar refractivity (Wildman–Crippen MR) is 98.3 cm³/mol. The first-order valence-electron chi connectivity index (χ1n) is 8.11. The number of carbonyl (C=O) groups excluding carboxylic acids is 2. The van der Waals surface area contributed by atoms with Gasteiger partial charge in [0.15, 0.2) is 5.12 Å². The van der Waals surface area contributed by atoms with E-state index in [2.05, 4.69) is 10.6 Å². The first-order valence-corrected chi connectivity index (χ1v) is 9.10. The monoisotopic (exact) mass is 377 g/mol. The zero-order chi connectivity index (χ0) is 19.8. The number of aliphatic hydroxyl groups is 1. The lowest BCUT2D eigenvalue weighted by Gasteiger charge is -2.34. The molecule has 0 aliphatic heterocycles. The van der Waals surface area contributed by atoms with Crippen molar-refractivity contribution in [3.05, 3.63) is 0 Å². The van der Waals surface area contributed by atoms with E-state index in [1.807, 2.05) is 20.8 Å². The summed E-state index contributed by atoms with van der Waals surface area (Å²) in [5.41, 5.74) is -0.346. The second-order valence-corrected chi connectivity index (χ2v) is 8.33. The Bertz CT molecular complexity index is 465. The van der Waals surface area contributed by atoms with Crippen molar-refractivity contribution in [1.82, 2.24) is 15.5 Å². The summed E-state index contributed by atoms with van der Waals surface area (Å²) in [7, 11) is 3.19. The first kappa shape index (κ1) is 23.8. The number of amides is 1. The molecule has 0 aliphatic carbocycles. The number of hydrogen-bond donors (Lipinski definition) is 4. The Morgan fingerprint density at radius 2 is 1.76 bits per heavy atom. The van der Waals surface area contributed by atoms with Crippen LogP contribution in [0, 0.1) is 0 Å². The Hall–Kier alpha value is -1.16. The van der Waals surface area contributed by atoms with Crippen molar-refractivity contribution < 1.29 is 24.6 Å². The van der Waals surface area contributed by atoms with Gasteiger partial charge in [0.05, 0.1) is 6.04 Å². The standard InChI is InChI=1S/C16H31N3O5S/c1-10(20)25-9-12(15(24)19(5)6)17-14(23)11(7-8-13(21)22)18-16(2,3)4/h11-12,14,17-18,23H,7-9H2,1-6H3,(H,21,22)/t11-,12-,14?/m0/s1. The lowest BCUT2D eigenvalue weighted by molar-refractivity contribution is -0.137. The molecule has 1 unspecified atom stereocenters. The molecule has 0 saturated heterocycles. The topological polar surface area (TPSA) is 119 Å². The van der Waals surface area contributed by atoms with Crippen LogP contribution in [-0.4, -0.2) is 75.8 Å². The molecule has 0 aromatic rings. The number of rotatable bonds is 10. The van der Waals surface area contributed by atoms with Crippen LogP contribution in [0.15, 0.2) is 0 Å². The van der Waals surface area contributed by atoms with Crippen molar-refractivity contribution in [2.75, 3.05) is 19.8 Å². The number of nitrogens with zero attached hydrogens (tertiary/aromatic N) is 1. The highest BCUT2D eigenvalue weighted by atomic mass is 32.2. The fourth-order valence-corrected chi connectivity index (χ4v) is 2.81. The summed E-state index contributed by atoms with van der Waals surface area (Å²) in [5.74, 6) is -1.04. The molecule has 0 heterocycles. The van der Waals surface area contributed by atoms with Crippen LogP contribution in [0.4, 0.5) is 0 Å². The molecule has 8 nitrogen and oxygen atoms in total. The number of carboxylic acid groups (broad SMARTS) is 1. The smallest absolute Gasteiger partial charge is 0.303 e. The van der Waals surface area contributed by atoms with Gasteiger partial charge >= 0.3 is 5.97 Å². The van der Waals surface area contributed by atoms with Gasteiger partial charge in [0.2, 0.25) is 5.91 Å². The van der Waals surface area contributed by atoms with Gasteiger partial charge in [-0.3, -0.25) is 19.7 Å². The number of carbonyl (C=O) groups is 3. The average molecular weight is 378 g/mol. The SMILES string of the molecule is CC(=O)SC[C@H](NC(O)[C@H](CCC(=O)O)NC(C)(C)C)C(=O)N(C)C. The van der Waals surface area contributed by atoms with Crippen LogP contribution in [0.25, 0.3) is 0 Å². The van der Waals surface area contributed by atoms with Crippen molar-refractivity contribution in [3.8, 4) is 0 Å². The Balaban J connectivity index is 5.11. The van der Waals surface area contributed by atoms with Crippen LogP contribution in [0.2, 0.25) is 0 Å². The summed E-state index contributed by atoms with van der Waals surface area (Å²) in [6, 6.07) is -1.32. The van der Waals surface area contributed by atoms with Gasteiger partial charge in [-0.05, 0) is 27.2 Å². The van der Waals surface area contributed by atoms with Crippen molar-refractivity contribution in [3.63, 3.8) is 0 Å². The molecule has 146 valence electrons. The molecule has 0 saturated carbocycles. The fraction of sp³-hybridized carbons (Fsp3) is 0.812. The number of carboxylic acids is 1. The van der Waals surface area contributed by atoms with Gasteiger partial charge in [0, 0.05) is 44.8 Å². The van der Waals surface area contributed by atoms with Crippen LogP contribution in [0.3, 0.4) is 0 Å². The van der Waals surface area contributed by atoms with E-state index in [0.717, 1.165) is 11.8 Å². The maximum Gasteiger partial charge on any atom is 0.303 e. The minimum atomic E-state index is -1.14. The van der Waals surface area contributed by atoms with E-state index in [4.69, 9.17) is 5.11 Å². The van der Waals surface area contributed by atoms with Gasteiger partial charge in [0.25, 0.3) is 0 Å². The third-order valence-electron chi connectivity index (χ3n) is 3.23. The summed E-state index contributed by atoms with van der Waals surface area (Å²) < 4.78 is 0. The molecule has 4 N–H and O–H groups in total. The maximum absolute atomic E-state index is 12.3. The summed E-state index contributed by atoms with van der Waals surface area (Å²) in [6.45, 7) is 7.12. The van der Waals surface area contributed by atoms with Crippen molar-refractivity contribution >= 4 is 28.8 Å². The van der Waals surface area contributed by atoms with E-state index in [1.165, 1.54) is 11.8 Å². The largest absolute Gasteiger partial charge is 0.481 e. The molecule has 0 aliphatic rings. The number of likely N-dealkylation sites (N-methyl/N-ethyl adjacent to an activating group) is 1. The number of thioether (sulfide) groups is 1. The van der Waals surface area contributed by atoms with Crippen LogP contribution in [0.1, 0.15) is 40.5 Å². The zero-order valence-corrected chi connectivity index (χ0v) is 16.6. The molecule has 0 fully saturated rings. The maximum atomic E-state index is 12.3. The van der Waals surface area contributed by atoms with E-state index in [9.17, 15) is 19.5 Å². The van der Waals surface area contributed by atoms with Crippen LogP contribution in [-0.2, 0) is 14.4 Å². The lowest BCUT2D eigenvalue weighted by atomic mass is 10.0. The Kier molecular flexibility index (Phi) is 10.2. The van der Waals surface area contributed by atoms with Crippen LogP contribution < -0.4 is 10.6 Å². The predicted octanol–water partition coefficient (Wildman–Crippen LogP) is 0.252. The fourth-order valence-electron chi connectivity index (χ4n) is 2.17. The lowest BCUT2D eigenvalue weighted by Crippen LogP contribution is -2.59. The molecule has 0 bridgehead atoms. The van der Waals surface area contributed by atoms with E-state index in [0.29, 0.717) is 0 Å². The summed E-state index contributed by atoms with van der Waals surface area (Å²) >= 11 is 0.996. The Morgan fingerprint density at radius 3 is 2.16 bits per heavy atom. The van der Waals surface area contributed by atoms with Crippen molar-refractivity contribution in [2.45, 2.75) is 64.4 Å². The number of nitrogens with one attached hydrogen (secondary N) is 2. The van der Waals surface area contributed by atoms with E-state index in [1.54, 1.807) is 14.1 Å². The summed E-state index contributed by atoms with van der Waals surface area (Å²) in [6.07, 6.45) is -1.05. The van der Waals surface area contributed by atoms with E-state index >= 15 is 0 Å². The average Bonchev–Trinajstić information content (AvgIpc) is 2.45. The summed E-state index contributed by atoms with van der Waals surface area (Å²) in [5, 5.41) is 25.3. The van der Waals surface area contributed by atoms with Crippen molar-refractivity contribution in [1.29, 1.82) is 0 Å². The molecular formula is C16H31N3O5S. The minimum Gasteiger partial charge on any atom is -0.481 e. The Labute approximate surface area is 153 Å². The normalized spacial score (nSPS) is 15.3. The molecular weight excluding hydrogens is 346 g/mol. The van der Waals surface area contributed by atoms with Crippen molar-refractivity contribution in [2.24, 2.45) is 0 Å². The van der Waals surface area contributed by atoms with Gasteiger partial charge in [0.1, 0.15) is 6.23 Å². The molecule has 0 aromatic carbocycles. The number of aliphatic hydroxyl groups excluding tert-OH is 1. The highest BCUT2D eigenvalue weighted by molar-refractivity contribution is 8.13. The molecule has 0 radical (unpaired) electrons. The number of aliphatic carboxylic acids is 1. The Morgan fingerprint density at radius 1 is 1.20 bits per heavy atom. The van der Waals surface area contributed by atoms with Gasteiger partial charge in [-0.15, -0.1) is 0 Å².